The number of Topliss-reactive ketones (excluding diaryl/α,β-unsaturated/α-hetero) is 1. The molecule has 0 aromatic heterocycles. The van der Waals surface area contributed by atoms with E-state index in [1.807, 2.05) is 105 Å². The first-order valence-electron chi connectivity index (χ1n) is 14.5. The zero-order valence-electron chi connectivity index (χ0n) is 24.6. The summed E-state index contributed by atoms with van der Waals surface area (Å²) in [7, 11) is 0. The van der Waals surface area contributed by atoms with Crippen LogP contribution in [0, 0.1) is 0 Å². The minimum Gasteiger partial charge on any atom is -0.478 e. The summed E-state index contributed by atoms with van der Waals surface area (Å²) < 4.78 is 6.02. The Morgan fingerprint density at radius 3 is 1.43 bits per heavy atom. The summed E-state index contributed by atoms with van der Waals surface area (Å²) in [5.41, 5.74) is 1.11. The number of benzene rings is 5. The molecule has 0 saturated heterocycles. The van der Waals surface area contributed by atoms with Crippen molar-refractivity contribution in [2.75, 3.05) is 0 Å². The van der Waals surface area contributed by atoms with E-state index in [0.717, 1.165) is 15.9 Å². The minimum atomic E-state index is -3.17. The van der Waals surface area contributed by atoms with Gasteiger partial charge in [-0.3, -0.25) is 4.79 Å². The number of ether oxygens (including phenoxy) is 1. The fourth-order valence-electron chi connectivity index (χ4n) is 5.44. The number of carbonyl (C=O) groups excluding carboxylic acids is 2. The van der Waals surface area contributed by atoms with Crippen LogP contribution in [0.15, 0.2) is 140 Å². The van der Waals surface area contributed by atoms with Gasteiger partial charge in [0.2, 0.25) is 5.78 Å². The van der Waals surface area contributed by atoms with Crippen molar-refractivity contribution < 1.29 is 24.2 Å². The molecule has 5 aromatic carbocycles. The highest BCUT2D eigenvalue weighted by Gasteiger charge is 2.39. The van der Waals surface area contributed by atoms with Gasteiger partial charge in [-0.2, -0.15) is 0 Å². The van der Waals surface area contributed by atoms with Crippen LogP contribution < -0.4 is 15.9 Å². The first kappa shape index (κ1) is 30.5. The van der Waals surface area contributed by atoms with Gasteiger partial charge in [0.1, 0.15) is 5.29 Å². The summed E-state index contributed by atoms with van der Waals surface area (Å²) in [5.74, 6) is -2.29. The van der Waals surface area contributed by atoms with E-state index >= 15 is 4.79 Å². The van der Waals surface area contributed by atoms with Crippen LogP contribution in [0.1, 0.15) is 41.0 Å². The molecule has 0 amide bonds. The van der Waals surface area contributed by atoms with E-state index in [9.17, 15) is 14.7 Å². The Bertz CT molecular complexity index is 1740. The van der Waals surface area contributed by atoms with Crippen LogP contribution in [0.25, 0.3) is 11.1 Å². The van der Waals surface area contributed by atoms with Gasteiger partial charge in [-0.1, -0.05) is 140 Å². The molecule has 0 aliphatic rings. The lowest BCUT2D eigenvalue weighted by Crippen LogP contribution is -2.39. The smallest absolute Gasteiger partial charge is 0.343 e. The van der Waals surface area contributed by atoms with Crippen LogP contribution in [0.5, 0.6) is 0 Å². The lowest BCUT2D eigenvalue weighted by Gasteiger charge is -2.32. The number of carboxylic acids is 1. The molecule has 0 saturated carbocycles. The van der Waals surface area contributed by atoms with Gasteiger partial charge < -0.3 is 9.84 Å². The Kier molecular flexibility index (Phi) is 9.38. The van der Waals surface area contributed by atoms with E-state index in [0.29, 0.717) is 17.5 Å². The SMILES string of the molecule is CCC(C)OC(=O)C(C(=O)c1ccccc1-c1ccccc1C(=O)O)=P(c1ccccc1)(c1ccccc1)c1ccccc1. The average Bonchev–Trinajstić information content (AvgIpc) is 3.08. The summed E-state index contributed by atoms with van der Waals surface area (Å²) in [6.45, 7) is 0.559. The molecule has 5 aromatic rings. The Labute approximate surface area is 257 Å². The average molecular weight is 601 g/mol. The largest absolute Gasteiger partial charge is 0.478 e. The van der Waals surface area contributed by atoms with E-state index in [1.54, 1.807) is 42.5 Å². The summed E-state index contributed by atoms with van der Waals surface area (Å²) in [6, 6.07) is 42.4. The highest BCUT2D eigenvalue weighted by atomic mass is 31.2. The number of hydrogen-bond donors (Lipinski definition) is 1. The normalized spacial score (nSPS) is 11.8. The number of carboxylic acid groups (broad SMARTS) is 1. The van der Waals surface area contributed by atoms with Crippen molar-refractivity contribution in [3.63, 3.8) is 0 Å². The minimum absolute atomic E-state index is 0.0293. The molecule has 0 aliphatic heterocycles. The number of esters is 1. The zero-order chi connectivity index (χ0) is 31.1. The highest BCUT2D eigenvalue weighted by Crippen LogP contribution is 2.47. The van der Waals surface area contributed by atoms with Crippen molar-refractivity contribution in [1.29, 1.82) is 0 Å². The van der Waals surface area contributed by atoms with Gasteiger partial charge in [0.05, 0.1) is 11.7 Å². The summed E-state index contributed by atoms with van der Waals surface area (Å²) >= 11 is 0. The predicted molar refractivity (Wildman–Crippen MR) is 179 cm³/mol. The van der Waals surface area contributed by atoms with Crippen molar-refractivity contribution in [1.82, 2.24) is 0 Å². The predicted octanol–water partition coefficient (Wildman–Crippen LogP) is 6.74. The van der Waals surface area contributed by atoms with Crippen molar-refractivity contribution in [3.05, 3.63) is 151 Å². The molecule has 1 unspecified atom stereocenters. The lowest BCUT2D eigenvalue weighted by molar-refractivity contribution is -0.139. The number of hydrogen-bond acceptors (Lipinski definition) is 4. The molecule has 44 heavy (non-hydrogen) atoms. The van der Waals surface area contributed by atoms with Crippen LogP contribution in [0.3, 0.4) is 0 Å². The summed E-state index contributed by atoms with van der Waals surface area (Å²) in [6.07, 6.45) is 0.140. The molecule has 0 fully saturated rings. The molecule has 6 heteroatoms. The Balaban J connectivity index is 1.98. The van der Waals surface area contributed by atoms with Crippen molar-refractivity contribution in [3.8, 4) is 11.1 Å². The fourth-order valence-corrected chi connectivity index (χ4v) is 9.72. The molecular weight excluding hydrogens is 567 g/mol. The summed E-state index contributed by atoms with van der Waals surface area (Å²) in [5, 5.41) is 12.5. The molecule has 0 spiro atoms. The fraction of sp³-hybridized carbons (Fsp3) is 0.105. The molecule has 220 valence electrons. The third kappa shape index (κ3) is 5.79. The van der Waals surface area contributed by atoms with Gasteiger partial charge in [-0.15, -0.1) is 0 Å². The number of carbonyl (C=O) groups is 3. The second-order valence-electron chi connectivity index (χ2n) is 10.4. The first-order valence-corrected chi connectivity index (χ1v) is 16.3. The summed E-state index contributed by atoms with van der Waals surface area (Å²) in [4.78, 5) is 42.0. The maximum absolute atomic E-state index is 15.2. The van der Waals surface area contributed by atoms with Crippen LogP contribution in [-0.4, -0.2) is 34.2 Å². The van der Waals surface area contributed by atoms with Gasteiger partial charge in [0.25, 0.3) is 0 Å². The van der Waals surface area contributed by atoms with Gasteiger partial charge in [-0.25, -0.2) is 9.59 Å². The number of rotatable bonds is 10. The van der Waals surface area contributed by atoms with Crippen LogP contribution in [-0.2, 0) is 9.53 Å². The number of aromatic carboxylic acids is 1. The first-order chi connectivity index (χ1) is 21.4. The monoisotopic (exact) mass is 600 g/mol. The second-order valence-corrected chi connectivity index (χ2v) is 13.7. The standard InChI is InChI=1S/C38H33O5P/c1-3-27(2)43-38(42)36(35(39)33-25-15-13-23-31(33)32-24-14-16-26-34(32)37(40)41)44(28-17-7-4-8-18-28,29-19-9-5-10-20-29)30-21-11-6-12-22-30/h4-27H,3H2,1-2H3,(H,40,41). The Morgan fingerprint density at radius 1 is 0.614 bits per heavy atom. The van der Waals surface area contributed by atoms with Gasteiger partial charge >= 0.3 is 11.9 Å². The van der Waals surface area contributed by atoms with E-state index in [4.69, 9.17) is 4.74 Å². The molecule has 0 radical (unpaired) electrons. The Hall–Kier alpha value is -4.99. The van der Waals surface area contributed by atoms with Crippen LogP contribution in [0.2, 0.25) is 0 Å². The van der Waals surface area contributed by atoms with Gasteiger partial charge in [-0.05, 0) is 53.3 Å². The van der Waals surface area contributed by atoms with E-state index in [1.165, 1.54) is 6.07 Å². The Morgan fingerprint density at radius 2 is 1.00 bits per heavy atom. The highest BCUT2D eigenvalue weighted by molar-refractivity contribution is 7.97. The lowest BCUT2D eigenvalue weighted by atomic mass is 9.92. The third-order valence-corrected chi connectivity index (χ3v) is 12.0. The molecule has 0 aliphatic carbocycles. The second kappa shape index (κ2) is 13.5. The van der Waals surface area contributed by atoms with Crippen LogP contribution in [0.4, 0.5) is 0 Å². The van der Waals surface area contributed by atoms with Gasteiger partial charge in [0.15, 0.2) is 0 Å². The van der Waals surface area contributed by atoms with Crippen molar-refractivity contribution >= 4 is 45.8 Å². The maximum atomic E-state index is 15.2. The zero-order valence-corrected chi connectivity index (χ0v) is 25.5. The van der Waals surface area contributed by atoms with Gasteiger partial charge in [0, 0.05) is 5.56 Å². The van der Waals surface area contributed by atoms with Crippen molar-refractivity contribution in [2.24, 2.45) is 0 Å². The van der Waals surface area contributed by atoms with Crippen LogP contribution >= 0.6 is 6.89 Å². The molecule has 5 nitrogen and oxygen atoms in total. The maximum Gasteiger partial charge on any atom is 0.343 e. The van der Waals surface area contributed by atoms with E-state index in [-0.39, 0.29) is 16.4 Å². The molecule has 0 heterocycles. The molecule has 1 atom stereocenters. The van der Waals surface area contributed by atoms with Crippen molar-refractivity contribution in [2.45, 2.75) is 26.4 Å². The third-order valence-electron chi connectivity index (χ3n) is 7.68. The molecule has 0 bridgehead atoms. The van der Waals surface area contributed by atoms with E-state index < -0.39 is 30.7 Å². The molecule has 1 N–H and O–H groups in total. The number of ketones is 1. The quantitative estimate of drug-likeness (QED) is 0.0831. The van der Waals surface area contributed by atoms with E-state index in [2.05, 4.69) is 0 Å². The molecule has 5 rings (SSSR count). The topological polar surface area (TPSA) is 80.7 Å². The molecular formula is C38H33O5P.